The van der Waals surface area contributed by atoms with Crippen LogP contribution in [0.4, 0.5) is 4.79 Å². The zero-order valence-electron chi connectivity index (χ0n) is 16.3. The number of carbonyl (C=O) groups is 2. The molecule has 3 rings (SSSR count). The number of rotatable bonds is 6. The molecule has 8 heteroatoms. The third kappa shape index (κ3) is 5.11. The zero-order valence-corrected chi connectivity index (χ0v) is 17.1. The highest BCUT2D eigenvalue weighted by Gasteiger charge is 2.24. The highest BCUT2D eigenvalue weighted by Crippen LogP contribution is 2.25. The molecule has 154 valence electrons. The number of likely N-dealkylation sites (tertiary alicyclic amines) is 1. The van der Waals surface area contributed by atoms with Gasteiger partial charge in [0.1, 0.15) is 0 Å². The van der Waals surface area contributed by atoms with Gasteiger partial charge in [-0.1, -0.05) is 12.1 Å². The molecule has 7 nitrogen and oxygen atoms in total. The standard InChI is InChI=1S/C20H28N2O5S/c1-28(26,27)22-12-9-16-13-17(5-6-18(16)14-22)19(23)4-2-3-15-7-10-21(11-8-15)20(24)25/h5-6,13,15H,2-4,7-12,14H2,1H3,(H,24,25). The summed E-state index contributed by atoms with van der Waals surface area (Å²) in [4.78, 5) is 24.9. The van der Waals surface area contributed by atoms with Crippen LogP contribution in [-0.2, 0) is 23.0 Å². The lowest BCUT2D eigenvalue weighted by Crippen LogP contribution is -2.37. The van der Waals surface area contributed by atoms with E-state index in [9.17, 15) is 18.0 Å². The Hall–Kier alpha value is -1.93. The van der Waals surface area contributed by atoms with Crippen LogP contribution >= 0.6 is 0 Å². The van der Waals surface area contributed by atoms with Crippen molar-refractivity contribution >= 4 is 21.9 Å². The highest BCUT2D eigenvalue weighted by molar-refractivity contribution is 7.88. The maximum absolute atomic E-state index is 12.5. The number of nitrogens with zero attached hydrogens (tertiary/aromatic N) is 2. The molecular weight excluding hydrogens is 380 g/mol. The summed E-state index contributed by atoms with van der Waals surface area (Å²) in [5, 5.41) is 8.99. The number of sulfonamides is 1. The van der Waals surface area contributed by atoms with E-state index in [2.05, 4.69) is 0 Å². The van der Waals surface area contributed by atoms with Crippen molar-refractivity contribution < 1.29 is 23.1 Å². The van der Waals surface area contributed by atoms with Crippen molar-refractivity contribution in [2.45, 2.75) is 45.1 Å². The van der Waals surface area contributed by atoms with Crippen molar-refractivity contribution in [2.75, 3.05) is 25.9 Å². The van der Waals surface area contributed by atoms with Gasteiger partial charge in [0.25, 0.3) is 0 Å². The number of carboxylic acid groups (broad SMARTS) is 1. The van der Waals surface area contributed by atoms with Crippen LogP contribution in [-0.4, -0.2) is 60.5 Å². The summed E-state index contributed by atoms with van der Waals surface area (Å²) in [6.07, 6.45) is 5.01. The van der Waals surface area contributed by atoms with Crippen LogP contribution in [0.25, 0.3) is 0 Å². The van der Waals surface area contributed by atoms with Gasteiger partial charge in [-0.25, -0.2) is 13.2 Å². The first-order valence-electron chi connectivity index (χ1n) is 9.82. The van der Waals surface area contributed by atoms with E-state index in [0.29, 0.717) is 50.5 Å². The van der Waals surface area contributed by atoms with Crippen LogP contribution in [0.5, 0.6) is 0 Å². The Labute approximate surface area is 166 Å². The normalized spacial score (nSPS) is 18.7. The first-order chi connectivity index (χ1) is 13.2. The third-order valence-electron chi connectivity index (χ3n) is 5.88. The van der Waals surface area contributed by atoms with Crippen LogP contribution in [0.15, 0.2) is 18.2 Å². The van der Waals surface area contributed by atoms with E-state index in [1.54, 1.807) is 6.07 Å². The summed E-state index contributed by atoms with van der Waals surface area (Å²) in [7, 11) is -3.20. The van der Waals surface area contributed by atoms with Crippen LogP contribution < -0.4 is 0 Å². The minimum absolute atomic E-state index is 0.122. The zero-order chi connectivity index (χ0) is 20.3. The number of ketones is 1. The number of benzene rings is 1. The predicted octanol–water partition coefficient (Wildman–Crippen LogP) is 2.75. The van der Waals surface area contributed by atoms with Crippen LogP contribution in [0.1, 0.15) is 53.6 Å². The lowest BCUT2D eigenvalue weighted by atomic mass is 9.90. The lowest BCUT2D eigenvalue weighted by molar-refractivity contribution is 0.0974. The molecule has 0 saturated carbocycles. The van der Waals surface area contributed by atoms with Gasteiger partial charge in [-0.2, -0.15) is 4.31 Å². The van der Waals surface area contributed by atoms with E-state index in [1.807, 2.05) is 12.1 Å². The van der Waals surface area contributed by atoms with E-state index in [0.717, 1.165) is 36.8 Å². The molecule has 0 aliphatic carbocycles. The van der Waals surface area contributed by atoms with Gasteiger partial charge in [0.2, 0.25) is 10.0 Å². The van der Waals surface area contributed by atoms with Gasteiger partial charge < -0.3 is 10.0 Å². The average molecular weight is 409 g/mol. The summed E-state index contributed by atoms with van der Waals surface area (Å²) in [6, 6.07) is 5.60. The fraction of sp³-hybridized carbons (Fsp3) is 0.600. The lowest BCUT2D eigenvalue weighted by Gasteiger charge is -2.29. The summed E-state index contributed by atoms with van der Waals surface area (Å²) in [6.45, 7) is 2.00. The fourth-order valence-corrected chi connectivity index (χ4v) is 4.89. The van der Waals surface area contributed by atoms with Crippen LogP contribution in [0, 0.1) is 5.92 Å². The Morgan fingerprint density at radius 3 is 2.50 bits per heavy atom. The molecule has 2 aliphatic heterocycles. The smallest absolute Gasteiger partial charge is 0.407 e. The van der Waals surface area contributed by atoms with Gasteiger partial charge in [0.15, 0.2) is 5.78 Å². The molecule has 1 amide bonds. The van der Waals surface area contributed by atoms with Gasteiger partial charge in [0.05, 0.1) is 6.26 Å². The SMILES string of the molecule is CS(=O)(=O)N1CCc2cc(C(=O)CCCC3CCN(C(=O)O)CC3)ccc2C1. The number of Topliss-reactive ketones (excluding diaryl/α,β-unsaturated/α-hetero) is 1. The Morgan fingerprint density at radius 1 is 1.14 bits per heavy atom. The highest BCUT2D eigenvalue weighted by atomic mass is 32.2. The van der Waals surface area contributed by atoms with Crippen molar-refractivity contribution in [2.24, 2.45) is 5.92 Å². The van der Waals surface area contributed by atoms with E-state index in [4.69, 9.17) is 5.11 Å². The maximum atomic E-state index is 12.5. The molecule has 0 spiro atoms. The second-order valence-corrected chi connectivity index (χ2v) is 9.84. The predicted molar refractivity (Wildman–Crippen MR) is 106 cm³/mol. The van der Waals surface area contributed by atoms with Gasteiger partial charge in [-0.3, -0.25) is 4.79 Å². The number of hydrogen-bond donors (Lipinski definition) is 1. The van der Waals surface area contributed by atoms with E-state index in [-0.39, 0.29) is 5.78 Å². The topological polar surface area (TPSA) is 95.0 Å². The molecule has 2 heterocycles. The largest absolute Gasteiger partial charge is 0.465 e. The first kappa shape index (κ1) is 20.8. The number of fused-ring (bicyclic) bond motifs is 1. The Morgan fingerprint density at radius 2 is 1.86 bits per heavy atom. The monoisotopic (exact) mass is 408 g/mol. The number of piperidine rings is 1. The molecule has 1 N–H and O–H groups in total. The molecule has 0 unspecified atom stereocenters. The first-order valence-corrected chi connectivity index (χ1v) is 11.7. The van der Waals surface area contributed by atoms with Crippen LogP contribution in [0.3, 0.4) is 0 Å². The summed E-state index contributed by atoms with van der Waals surface area (Å²) >= 11 is 0. The number of carbonyl (C=O) groups excluding carboxylic acids is 1. The Bertz CT molecular complexity index is 844. The fourth-order valence-electron chi connectivity index (χ4n) is 4.09. The van der Waals surface area contributed by atoms with E-state index < -0.39 is 16.1 Å². The molecule has 2 aliphatic rings. The minimum Gasteiger partial charge on any atom is -0.465 e. The molecule has 1 aromatic rings. The van der Waals surface area contributed by atoms with Gasteiger partial charge in [0, 0.05) is 38.2 Å². The third-order valence-corrected chi connectivity index (χ3v) is 7.13. The van der Waals surface area contributed by atoms with Gasteiger partial charge in [-0.05, 0) is 55.2 Å². The number of hydrogen-bond acceptors (Lipinski definition) is 4. The van der Waals surface area contributed by atoms with Crippen molar-refractivity contribution in [1.29, 1.82) is 0 Å². The maximum Gasteiger partial charge on any atom is 0.407 e. The second kappa shape index (κ2) is 8.61. The van der Waals surface area contributed by atoms with Crippen molar-refractivity contribution in [3.63, 3.8) is 0 Å². The summed E-state index contributed by atoms with van der Waals surface area (Å²) in [5.41, 5.74) is 2.73. The Kier molecular flexibility index (Phi) is 6.40. The van der Waals surface area contributed by atoms with Crippen LogP contribution in [0.2, 0.25) is 0 Å². The summed E-state index contributed by atoms with van der Waals surface area (Å²) in [5.74, 6) is 0.616. The molecule has 28 heavy (non-hydrogen) atoms. The van der Waals surface area contributed by atoms with E-state index >= 15 is 0 Å². The number of amides is 1. The van der Waals surface area contributed by atoms with Crippen molar-refractivity contribution in [3.8, 4) is 0 Å². The van der Waals surface area contributed by atoms with Gasteiger partial charge >= 0.3 is 6.09 Å². The second-order valence-electron chi connectivity index (χ2n) is 7.86. The molecule has 1 saturated heterocycles. The molecule has 0 aromatic heterocycles. The molecule has 0 bridgehead atoms. The quantitative estimate of drug-likeness (QED) is 0.731. The molecular formula is C20H28N2O5S. The van der Waals surface area contributed by atoms with E-state index in [1.165, 1.54) is 15.5 Å². The van der Waals surface area contributed by atoms with Crippen molar-refractivity contribution in [3.05, 3.63) is 34.9 Å². The molecule has 0 atom stereocenters. The molecule has 1 fully saturated rings. The molecule has 1 aromatic carbocycles. The minimum atomic E-state index is -3.20. The summed E-state index contributed by atoms with van der Waals surface area (Å²) < 4.78 is 24.9. The Balaban J connectivity index is 1.49. The van der Waals surface area contributed by atoms with Gasteiger partial charge in [-0.15, -0.1) is 0 Å². The average Bonchev–Trinajstić information content (AvgIpc) is 2.66. The van der Waals surface area contributed by atoms with Crippen molar-refractivity contribution in [1.82, 2.24) is 9.21 Å². The molecule has 0 radical (unpaired) electrons.